The molecule has 0 unspecified atom stereocenters. The maximum atomic E-state index is 12.0. The van der Waals surface area contributed by atoms with Gasteiger partial charge in [0.05, 0.1) is 6.20 Å². The lowest BCUT2D eigenvalue weighted by molar-refractivity contribution is 0.738. The minimum atomic E-state index is -0.482. The highest BCUT2D eigenvalue weighted by atomic mass is 16.2. The second kappa shape index (κ2) is 5.36. The van der Waals surface area contributed by atoms with Crippen LogP contribution in [0.15, 0.2) is 52.5 Å². The number of aromatic amines is 1. The Morgan fingerprint density at radius 3 is 2.91 bits per heavy atom. The average Bonchev–Trinajstić information content (AvgIpc) is 2.99. The number of rotatable bonds is 2. The molecule has 1 aliphatic heterocycles. The van der Waals surface area contributed by atoms with Gasteiger partial charge in [0.15, 0.2) is 0 Å². The van der Waals surface area contributed by atoms with Crippen LogP contribution in [0, 0.1) is 0 Å². The summed E-state index contributed by atoms with van der Waals surface area (Å²) in [5.74, 6) is 0.428. The van der Waals surface area contributed by atoms with Crippen LogP contribution in [0.5, 0.6) is 0 Å². The number of H-pyrrole nitrogens is 1. The van der Waals surface area contributed by atoms with E-state index >= 15 is 0 Å². The molecular formula is C16H15N5O2. The van der Waals surface area contributed by atoms with Gasteiger partial charge in [0.25, 0.3) is 5.56 Å². The van der Waals surface area contributed by atoms with Crippen LogP contribution in [-0.4, -0.2) is 32.0 Å². The molecule has 0 amide bonds. The van der Waals surface area contributed by atoms with Crippen molar-refractivity contribution >= 4 is 11.2 Å². The molecule has 116 valence electrons. The molecule has 0 bridgehead atoms. The van der Waals surface area contributed by atoms with E-state index in [9.17, 15) is 9.59 Å². The summed E-state index contributed by atoms with van der Waals surface area (Å²) in [5.41, 5.74) is 2.23. The summed E-state index contributed by atoms with van der Waals surface area (Å²) in [6.07, 6.45) is 7.86. The Labute approximate surface area is 130 Å². The molecule has 7 heteroatoms. The summed E-state index contributed by atoms with van der Waals surface area (Å²) in [4.78, 5) is 30.8. The lowest BCUT2D eigenvalue weighted by atomic mass is 10.0. The first-order valence-electron chi connectivity index (χ1n) is 7.42. The number of nitrogens with zero attached hydrogens (tertiary/aromatic N) is 3. The van der Waals surface area contributed by atoms with E-state index in [1.54, 1.807) is 4.40 Å². The molecule has 4 heterocycles. The fourth-order valence-corrected chi connectivity index (χ4v) is 2.86. The molecule has 0 spiro atoms. The van der Waals surface area contributed by atoms with E-state index < -0.39 is 5.69 Å². The molecule has 3 aromatic rings. The Balaban J connectivity index is 1.87. The quantitative estimate of drug-likeness (QED) is 0.724. The van der Waals surface area contributed by atoms with Crippen LogP contribution in [0.25, 0.3) is 17.0 Å². The predicted molar refractivity (Wildman–Crippen MR) is 86.9 cm³/mol. The van der Waals surface area contributed by atoms with Crippen molar-refractivity contribution in [2.45, 2.75) is 6.42 Å². The van der Waals surface area contributed by atoms with Gasteiger partial charge in [-0.1, -0.05) is 6.08 Å². The van der Waals surface area contributed by atoms with Crippen LogP contribution in [-0.2, 0) is 0 Å². The van der Waals surface area contributed by atoms with Gasteiger partial charge in [-0.15, -0.1) is 0 Å². The number of pyridine rings is 1. The number of hydrogen-bond donors (Lipinski definition) is 2. The summed E-state index contributed by atoms with van der Waals surface area (Å²) in [6.45, 7) is 1.83. The second-order valence-electron chi connectivity index (χ2n) is 5.40. The molecule has 23 heavy (non-hydrogen) atoms. The van der Waals surface area contributed by atoms with Gasteiger partial charge in [0.1, 0.15) is 11.5 Å². The SMILES string of the molecule is O=c1cc[nH]c(=O)n1-c1cnc2cc(C3=CCNCC3)ccn12. The maximum absolute atomic E-state index is 12.0. The molecule has 0 aliphatic carbocycles. The summed E-state index contributed by atoms with van der Waals surface area (Å²) < 4.78 is 2.81. The Morgan fingerprint density at radius 2 is 2.13 bits per heavy atom. The predicted octanol–water partition coefficient (Wildman–Crippen LogP) is 0.550. The molecule has 0 saturated carbocycles. The Kier molecular flexibility index (Phi) is 3.20. The van der Waals surface area contributed by atoms with Gasteiger partial charge in [0.2, 0.25) is 0 Å². The molecule has 0 aromatic carbocycles. The van der Waals surface area contributed by atoms with Crippen molar-refractivity contribution in [2.75, 3.05) is 13.1 Å². The fraction of sp³-hybridized carbons (Fsp3) is 0.188. The second-order valence-corrected chi connectivity index (χ2v) is 5.40. The summed E-state index contributed by atoms with van der Waals surface area (Å²) in [7, 11) is 0. The van der Waals surface area contributed by atoms with Crippen LogP contribution >= 0.6 is 0 Å². The van der Waals surface area contributed by atoms with Gasteiger partial charge >= 0.3 is 5.69 Å². The largest absolute Gasteiger partial charge is 0.334 e. The van der Waals surface area contributed by atoms with Crippen LogP contribution in [0.4, 0.5) is 0 Å². The first-order chi connectivity index (χ1) is 11.2. The normalized spacial score (nSPS) is 14.9. The molecule has 7 nitrogen and oxygen atoms in total. The first-order valence-corrected chi connectivity index (χ1v) is 7.42. The van der Waals surface area contributed by atoms with E-state index in [1.807, 2.05) is 18.3 Å². The van der Waals surface area contributed by atoms with E-state index in [-0.39, 0.29) is 5.56 Å². The van der Waals surface area contributed by atoms with E-state index in [2.05, 4.69) is 21.4 Å². The molecular weight excluding hydrogens is 294 g/mol. The average molecular weight is 309 g/mol. The molecule has 0 radical (unpaired) electrons. The molecule has 2 N–H and O–H groups in total. The maximum Gasteiger partial charge on any atom is 0.334 e. The lowest BCUT2D eigenvalue weighted by Gasteiger charge is -2.14. The van der Waals surface area contributed by atoms with E-state index in [1.165, 1.54) is 24.0 Å². The van der Waals surface area contributed by atoms with Gasteiger partial charge in [-0.05, 0) is 36.2 Å². The zero-order valence-electron chi connectivity index (χ0n) is 12.3. The standard InChI is InChI=1S/C16H15N5O2/c22-15-3-7-18-16(23)21(15)14-10-19-13-9-12(4-8-20(13)14)11-1-5-17-6-2-11/h1,3-4,7-10,17H,2,5-6H2,(H,18,23). The van der Waals surface area contributed by atoms with E-state index in [0.717, 1.165) is 29.6 Å². The molecule has 0 atom stereocenters. The zero-order chi connectivity index (χ0) is 15.8. The third-order valence-electron chi connectivity index (χ3n) is 4.01. The minimum Gasteiger partial charge on any atom is -0.314 e. The monoisotopic (exact) mass is 309 g/mol. The van der Waals surface area contributed by atoms with Gasteiger partial charge in [0, 0.05) is 25.0 Å². The number of hydrogen-bond acceptors (Lipinski definition) is 4. The smallest absolute Gasteiger partial charge is 0.314 e. The summed E-state index contributed by atoms with van der Waals surface area (Å²) in [5, 5.41) is 3.29. The molecule has 3 aromatic heterocycles. The lowest BCUT2D eigenvalue weighted by Crippen LogP contribution is -2.33. The third-order valence-corrected chi connectivity index (χ3v) is 4.01. The van der Waals surface area contributed by atoms with Crippen molar-refractivity contribution < 1.29 is 0 Å². The van der Waals surface area contributed by atoms with Crippen molar-refractivity contribution in [3.05, 3.63) is 69.3 Å². The number of aromatic nitrogens is 4. The third kappa shape index (κ3) is 2.31. The van der Waals surface area contributed by atoms with E-state index in [0.29, 0.717) is 11.5 Å². The minimum absolute atomic E-state index is 0.388. The van der Waals surface area contributed by atoms with Crippen LogP contribution in [0.3, 0.4) is 0 Å². The Morgan fingerprint density at radius 1 is 1.22 bits per heavy atom. The van der Waals surface area contributed by atoms with Crippen molar-refractivity contribution in [1.82, 2.24) is 24.3 Å². The topological polar surface area (TPSA) is 84.2 Å². The number of nitrogens with one attached hydrogen (secondary N) is 2. The zero-order valence-corrected chi connectivity index (χ0v) is 12.3. The van der Waals surface area contributed by atoms with Crippen LogP contribution in [0.1, 0.15) is 12.0 Å². The molecule has 0 fully saturated rings. The number of fused-ring (bicyclic) bond motifs is 1. The van der Waals surface area contributed by atoms with Crippen molar-refractivity contribution in [3.63, 3.8) is 0 Å². The number of imidazole rings is 1. The highest BCUT2D eigenvalue weighted by Gasteiger charge is 2.12. The fourth-order valence-electron chi connectivity index (χ4n) is 2.86. The van der Waals surface area contributed by atoms with Crippen molar-refractivity contribution in [3.8, 4) is 5.82 Å². The summed E-state index contributed by atoms with van der Waals surface area (Å²) in [6, 6.07) is 5.27. The Bertz CT molecular complexity index is 996. The highest BCUT2D eigenvalue weighted by Crippen LogP contribution is 2.21. The highest BCUT2D eigenvalue weighted by molar-refractivity contribution is 5.69. The molecule has 4 rings (SSSR count). The Hall–Kier alpha value is -2.93. The molecule has 1 aliphatic rings. The van der Waals surface area contributed by atoms with Crippen LogP contribution in [0.2, 0.25) is 0 Å². The van der Waals surface area contributed by atoms with Gasteiger partial charge < -0.3 is 10.3 Å². The van der Waals surface area contributed by atoms with Crippen LogP contribution < -0.4 is 16.6 Å². The van der Waals surface area contributed by atoms with E-state index in [4.69, 9.17) is 0 Å². The van der Waals surface area contributed by atoms with Crippen molar-refractivity contribution in [1.29, 1.82) is 0 Å². The molecule has 0 saturated heterocycles. The summed E-state index contributed by atoms with van der Waals surface area (Å²) >= 11 is 0. The first kappa shape index (κ1) is 13.7. The van der Waals surface area contributed by atoms with Crippen molar-refractivity contribution in [2.24, 2.45) is 0 Å². The van der Waals surface area contributed by atoms with Gasteiger partial charge in [-0.2, -0.15) is 0 Å². The van der Waals surface area contributed by atoms with Gasteiger partial charge in [-0.25, -0.2) is 14.3 Å². The van der Waals surface area contributed by atoms with Gasteiger partial charge in [-0.3, -0.25) is 9.20 Å².